The van der Waals surface area contributed by atoms with Crippen LogP contribution in [0, 0.1) is 0 Å². The van der Waals surface area contributed by atoms with Gasteiger partial charge >= 0.3 is 0 Å². The maximum atomic E-state index is 13.7. The van der Waals surface area contributed by atoms with E-state index in [0.717, 1.165) is 54.8 Å². The molecule has 1 saturated heterocycles. The van der Waals surface area contributed by atoms with E-state index in [9.17, 15) is 8.42 Å². The summed E-state index contributed by atoms with van der Waals surface area (Å²) in [6.07, 6.45) is 2.40. The largest absolute Gasteiger partial charge is 0.368 e. The van der Waals surface area contributed by atoms with Crippen LogP contribution in [0.4, 0.5) is 11.4 Å². The third-order valence-electron chi connectivity index (χ3n) is 6.36. The monoisotopic (exact) mass is 457 g/mol. The molecule has 0 unspecified atom stereocenters. The van der Waals surface area contributed by atoms with E-state index in [2.05, 4.69) is 33.8 Å². The van der Waals surface area contributed by atoms with E-state index in [-0.39, 0.29) is 4.90 Å². The number of anilines is 2. The first kappa shape index (κ1) is 21.5. The summed E-state index contributed by atoms with van der Waals surface area (Å²) in [5, 5.41) is 0.872. The number of sulfone groups is 1. The summed E-state index contributed by atoms with van der Waals surface area (Å²) in [4.78, 5) is 9.64. The zero-order valence-electron chi connectivity index (χ0n) is 18.7. The zero-order valence-corrected chi connectivity index (χ0v) is 19.5. The van der Waals surface area contributed by atoms with E-state index in [1.54, 1.807) is 12.1 Å². The Labute approximate surface area is 195 Å². The molecule has 0 spiro atoms. The van der Waals surface area contributed by atoms with Crippen molar-refractivity contribution in [1.82, 2.24) is 4.98 Å². The van der Waals surface area contributed by atoms with Gasteiger partial charge in [-0.15, -0.1) is 0 Å². The topological polar surface area (TPSA) is 53.5 Å². The zero-order chi connectivity index (χ0) is 22.8. The molecule has 5 nitrogen and oxygen atoms in total. The minimum absolute atomic E-state index is 0.276. The Balaban J connectivity index is 1.56. The second kappa shape index (κ2) is 8.87. The fraction of sp³-hybridized carbons (Fsp3) is 0.222. The predicted molar refractivity (Wildman–Crippen MR) is 134 cm³/mol. The molecule has 0 saturated carbocycles. The van der Waals surface area contributed by atoms with Crippen LogP contribution in [-0.4, -0.2) is 39.6 Å². The SMILES string of the molecule is CCc1ccc(S(=O)(=O)c2cnc3ccccc3c2N2CCN(c3ccccc3)CC2)cc1. The molecule has 33 heavy (non-hydrogen) atoms. The molecule has 0 radical (unpaired) electrons. The molecule has 6 heteroatoms. The molecule has 1 aromatic heterocycles. The van der Waals surface area contributed by atoms with Gasteiger partial charge in [0.15, 0.2) is 0 Å². The molecule has 0 amide bonds. The van der Waals surface area contributed by atoms with Crippen LogP contribution in [0.25, 0.3) is 10.9 Å². The van der Waals surface area contributed by atoms with Crippen molar-refractivity contribution in [2.24, 2.45) is 0 Å². The molecule has 5 rings (SSSR count). The third kappa shape index (κ3) is 4.07. The summed E-state index contributed by atoms with van der Waals surface area (Å²) in [7, 11) is -3.72. The number of nitrogens with zero attached hydrogens (tertiary/aromatic N) is 3. The van der Waals surface area contributed by atoms with Crippen molar-refractivity contribution in [3.63, 3.8) is 0 Å². The van der Waals surface area contributed by atoms with Crippen molar-refractivity contribution in [2.45, 2.75) is 23.1 Å². The Morgan fingerprint density at radius 2 is 1.42 bits per heavy atom. The standard InChI is InChI=1S/C27H27N3O2S/c1-2-21-12-14-23(15-13-21)33(31,32)26-20-28-25-11-7-6-10-24(25)27(26)30-18-16-29(17-19-30)22-8-4-3-5-9-22/h3-15,20H,2,16-19H2,1H3. The van der Waals surface area contributed by atoms with Gasteiger partial charge in [0.1, 0.15) is 4.90 Å². The highest BCUT2D eigenvalue weighted by molar-refractivity contribution is 7.91. The van der Waals surface area contributed by atoms with Gasteiger partial charge in [0, 0.05) is 43.4 Å². The minimum Gasteiger partial charge on any atom is -0.368 e. The number of fused-ring (bicyclic) bond motifs is 1. The Kier molecular flexibility index (Phi) is 5.77. The Bertz CT molecular complexity index is 1360. The highest BCUT2D eigenvalue weighted by atomic mass is 32.2. The van der Waals surface area contributed by atoms with Crippen LogP contribution in [0.3, 0.4) is 0 Å². The predicted octanol–water partition coefficient (Wildman–Crippen LogP) is 4.96. The van der Waals surface area contributed by atoms with Crippen molar-refractivity contribution in [3.05, 3.63) is 90.6 Å². The van der Waals surface area contributed by atoms with Crippen LogP contribution in [0.2, 0.25) is 0 Å². The van der Waals surface area contributed by atoms with Crippen molar-refractivity contribution in [3.8, 4) is 0 Å². The average Bonchev–Trinajstić information content (AvgIpc) is 2.88. The molecule has 1 aliphatic heterocycles. The lowest BCUT2D eigenvalue weighted by Crippen LogP contribution is -2.47. The van der Waals surface area contributed by atoms with E-state index in [0.29, 0.717) is 4.90 Å². The smallest absolute Gasteiger partial charge is 0.210 e. The molecule has 0 bridgehead atoms. The summed E-state index contributed by atoms with van der Waals surface area (Å²) < 4.78 is 27.5. The van der Waals surface area contributed by atoms with E-state index < -0.39 is 9.84 Å². The van der Waals surface area contributed by atoms with Crippen LogP contribution in [0.15, 0.2) is 94.9 Å². The molecule has 1 fully saturated rings. The number of pyridine rings is 1. The maximum Gasteiger partial charge on any atom is 0.210 e. The number of aryl methyl sites for hydroxylation is 1. The highest BCUT2D eigenvalue weighted by Crippen LogP contribution is 2.36. The maximum absolute atomic E-state index is 13.7. The second-order valence-electron chi connectivity index (χ2n) is 8.30. The summed E-state index contributed by atoms with van der Waals surface area (Å²) in [6, 6.07) is 25.3. The van der Waals surface area contributed by atoms with Crippen LogP contribution in [0.5, 0.6) is 0 Å². The lowest BCUT2D eigenvalue weighted by atomic mass is 10.1. The highest BCUT2D eigenvalue weighted by Gasteiger charge is 2.28. The number of hydrogen-bond acceptors (Lipinski definition) is 5. The first-order valence-corrected chi connectivity index (χ1v) is 12.8. The van der Waals surface area contributed by atoms with Crippen molar-refractivity contribution in [2.75, 3.05) is 36.0 Å². The normalized spacial score (nSPS) is 14.6. The molecule has 0 aliphatic carbocycles. The number of piperazine rings is 1. The van der Waals surface area contributed by atoms with Gasteiger partial charge in [0.25, 0.3) is 0 Å². The number of para-hydroxylation sites is 2. The first-order valence-electron chi connectivity index (χ1n) is 11.3. The van der Waals surface area contributed by atoms with Crippen LogP contribution in [-0.2, 0) is 16.3 Å². The van der Waals surface area contributed by atoms with Crippen molar-refractivity contribution < 1.29 is 8.42 Å². The van der Waals surface area contributed by atoms with Gasteiger partial charge < -0.3 is 9.80 Å². The van der Waals surface area contributed by atoms with Gasteiger partial charge in [0.05, 0.1) is 16.1 Å². The summed E-state index contributed by atoms with van der Waals surface area (Å²) in [5.74, 6) is 0. The molecule has 3 aromatic carbocycles. The lowest BCUT2D eigenvalue weighted by Gasteiger charge is -2.38. The van der Waals surface area contributed by atoms with E-state index >= 15 is 0 Å². The van der Waals surface area contributed by atoms with Gasteiger partial charge in [-0.05, 0) is 42.3 Å². The molecule has 2 heterocycles. The third-order valence-corrected chi connectivity index (χ3v) is 8.13. The quantitative estimate of drug-likeness (QED) is 0.424. The van der Waals surface area contributed by atoms with Gasteiger partial charge in [0.2, 0.25) is 9.84 Å². The van der Waals surface area contributed by atoms with Crippen molar-refractivity contribution in [1.29, 1.82) is 0 Å². The Hall–Kier alpha value is -3.38. The number of hydrogen-bond donors (Lipinski definition) is 0. The lowest BCUT2D eigenvalue weighted by molar-refractivity contribution is 0.594. The van der Waals surface area contributed by atoms with Gasteiger partial charge in [-0.2, -0.15) is 0 Å². The summed E-state index contributed by atoms with van der Waals surface area (Å²) in [6.45, 7) is 5.18. The summed E-state index contributed by atoms with van der Waals surface area (Å²) in [5.41, 5.74) is 3.87. The summed E-state index contributed by atoms with van der Waals surface area (Å²) >= 11 is 0. The Morgan fingerprint density at radius 1 is 0.788 bits per heavy atom. The average molecular weight is 458 g/mol. The number of aromatic nitrogens is 1. The fourth-order valence-corrected chi connectivity index (χ4v) is 5.92. The molecule has 4 aromatic rings. The van der Waals surface area contributed by atoms with Gasteiger partial charge in [-0.3, -0.25) is 4.98 Å². The van der Waals surface area contributed by atoms with Crippen LogP contribution >= 0.6 is 0 Å². The molecule has 168 valence electrons. The molecule has 0 atom stereocenters. The van der Waals surface area contributed by atoms with E-state index in [1.165, 1.54) is 11.9 Å². The number of benzene rings is 3. The van der Waals surface area contributed by atoms with Crippen LogP contribution in [0.1, 0.15) is 12.5 Å². The first-order chi connectivity index (χ1) is 16.1. The van der Waals surface area contributed by atoms with Gasteiger partial charge in [-0.1, -0.05) is 55.5 Å². The molecular formula is C27H27N3O2S. The molecular weight excluding hydrogens is 430 g/mol. The second-order valence-corrected chi connectivity index (χ2v) is 10.2. The molecule has 0 N–H and O–H groups in total. The fourth-order valence-electron chi connectivity index (χ4n) is 4.49. The molecule has 1 aliphatic rings. The minimum atomic E-state index is -3.72. The van der Waals surface area contributed by atoms with Crippen LogP contribution < -0.4 is 9.80 Å². The van der Waals surface area contributed by atoms with Crippen molar-refractivity contribution >= 4 is 32.1 Å². The number of rotatable bonds is 5. The Morgan fingerprint density at radius 3 is 2.12 bits per heavy atom. The van der Waals surface area contributed by atoms with Gasteiger partial charge in [-0.25, -0.2) is 8.42 Å². The van der Waals surface area contributed by atoms with E-state index in [1.807, 2.05) is 54.6 Å². The van der Waals surface area contributed by atoms with E-state index in [4.69, 9.17) is 0 Å².